The van der Waals surface area contributed by atoms with E-state index < -0.39 is 0 Å². The third-order valence-corrected chi connectivity index (χ3v) is 2.92. The summed E-state index contributed by atoms with van der Waals surface area (Å²) >= 11 is 1.55. The van der Waals surface area contributed by atoms with Gasteiger partial charge >= 0.3 is 0 Å². The maximum Gasteiger partial charge on any atom is 0.194 e. The molecule has 0 unspecified atom stereocenters. The van der Waals surface area contributed by atoms with Crippen molar-refractivity contribution < 1.29 is 0 Å². The third-order valence-electron chi connectivity index (χ3n) is 2.15. The first-order chi connectivity index (χ1) is 7.34. The topological polar surface area (TPSA) is 81.1 Å². The molecule has 0 amide bonds. The molecule has 6 nitrogen and oxygen atoms in total. The average molecular weight is 220 g/mol. The fourth-order valence-corrected chi connectivity index (χ4v) is 2.05. The van der Waals surface area contributed by atoms with Crippen molar-refractivity contribution in [1.82, 2.24) is 14.5 Å². The van der Waals surface area contributed by atoms with Crippen molar-refractivity contribution in [2.75, 3.05) is 5.32 Å². The fourth-order valence-electron chi connectivity index (χ4n) is 1.45. The minimum absolute atomic E-state index is 0.425. The number of rotatable bonds is 1. The maximum atomic E-state index is 5.62. The Morgan fingerprint density at radius 2 is 2.47 bits per heavy atom. The van der Waals surface area contributed by atoms with Gasteiger partial charge in [0.15, 0.2) is 5.96 Å². The van der Waals surface area contributed by atoms with Crippen molar-refractivity contribution in [2.45, 2.75) is 6.54 Å². The number of hydrogen-bond donors (Lipinski definition) is 2. The number of nitrogens with zero attached hydrogens (tertiary/aromatic N) is 4. The smallest absolute Gasteiger partial charge is 0.194 e. The molecule has 76 valence electrons. The molecular formula is C8H8N6S. The van der Waals surface area contributed by atoms with E-state index in [2.05, 4.69) is 20.3 Å². The summed E-state index contributed by atoms with van der Waals surface area (Å²) in [5, 5.41) is 4.01. The second-order valence-corrected chi connectivity index (χ2v) is 3.94. The molecule has 0 saturated heterocycles. The summed E-state index contributed by atoms with van der Waals surface area (Å²) < 4.78 is 1.93. The maximum absolute atomic E-state index is 5.62. The zero-order chi connectivity index (χ0) is 10.3. The number of aromatic nitrogens is 3. The molecular weight excluding hydrogens is 212 g/mol. The molecule has 2 aromatic heterocycles. The van der Waals surface area contributed by atoms with E-state index in [1.54, 1.807) is 29.4 Å². The van der Waals surface area contributed by atoms with Crippen LogP contribution in [0.4, 0.5) is 5.82 Å². The van der Waals surface area contributed by atoms with E-state index >= 15 is 0 Å². The third kappa shape index (κ3) is 1.28. The zero-order valence-electron chi connectivity index (χ0n) is 7.71. The molecule has 2 aromatic rings. The molecule has 3 N–H and O–H groups in total. The molecule has 0 radical (unpaired) electrons. The van der Waals surface area contributed by atoms with Crippen molar-refractivity contribution in [3.63, 3.8) is 0 Å². The van der Waals surface area contributed by atoms with Crippen LogP contribution in [-0.4, -0.2) is 20.5 Å². The van der Waals surface area contributed by atoms with Crippen LogP contribution < -0.4 is 11.1 Å². The molecule has 1 aliphatic heterocycles. The van der Waals surface area contributed by atoms with Crippen LogP contribution in [0.2, 0.25) is 0 Å². The van der Waals surface area contributed by atoms with Crippen molar-refractivity contribution in [3.05, 3.63) is 23.7 Å². The highest BCUT2D eigenvalue weighted by Gasteiger charge is 2.16. The van der Waals surface area contributed by atoms with Crippen molar-refractivity contribution in [1.29, 1.82) is 0 Å². The van der Waals surface area contributed by atoms with E-state index in [9.17, 15) is 0 Å². The standard InChI is InChI=1S/C8H8N6S/c9-8-11-1-5-7(13-8)14(3-12-5)6-2-10-4-15-6/h2-4H,1H2,(H3,9,11,13). The van der Waals surface area contributed by atoms with Gasteiger partial charge in [0.05, 0.1) is 18.3 Å². The monoisotopic (exact) mass is 220 g/mol. The lowest BCUT2D eigenvalue weighted by Crippen LogP contribution is -2.27. The van der Waals surface area contributed by atoms with Gasteiger partial charge in [-0.15, -0.1) is 11.3 Å². The van der Waals surface area contributed by atoms with Crippen molar-refractivity contribution >= 4 is 23.1 Å². The van der Waals surface area contributed by atoms with Crippen LogP contribution in [0.15, 0.2) is 23.0 Å². The summed E-state index contributed by atoms with van der Waals surface area (Å²) in [6, 6.07) is 0. The molecule has 0 aliphatic carbocycles. The quantitative estimate of drug-likeness (QED) is 0.736. The predicted octanol–water partition coefficient (Wildman–Crippen LogP) is 0.569. The highest BCUT2D eigenvalue weighted by molar-refractivity contribution is 7.12. The highest BCUT2D eigenvalue weighted by Crippen LogP contribution is 2.24. The predicted molar refractivity (Wildman–Crippen MR) is 58.2 cm³/mol. The normalized spacial score (nSPS) is 14.3. The first-order valence-electron chi connectivity index (χ1n) is 4.36. The van der Waals surface area contributed by atoms with Gasteiger partial charge in [0.25, 0.3) is 0 Å². The number of nitrogens with one attached hydrogen (secondary N) is 1. The number of fused-ring (bicyclic) bond motifs is 1. The number of imidazole rings is 1. The number of hydrogen-bond acceptors (Lipinski definition) is 6. The van der Waals surface area contributed by atoms with Gasteiger partial charge in [-0.2, -0.15) is 0 Å². The summed E-state index contributed by atoms with van der Waals surface area (Å²) in [5.41, 5.74) is 8.30. The van der Waals surface area contributed by atoms with E-state index in [0.29, 0.717) is 12.5 Å². The minimum atomic E-state index is 0.425. The van der Waals surface area contributed by atoms with Crippen molar-refractivity contribution in [3.8, 4) is 5.00 Å². The van der Waals surface area contributed by atoms with E-state index in [1.807, 2.05) is 4.57 Å². The van der Waals surface area contributed by atoms with E-state index in [0.717, 1.165) is 16.5 Å². The summed E-state index contributed by atoms with van der Waals surface area (Å²) in [7, 11) is 0. The van der Waals surface area contributed by atoms with Gasteiger partial charge in [0, 0.05) is 0 Å². The van der Waals surface area contributed by atoms with Crippen molar-refractivity contribution in [2.24, 2.45) is 10.7 Å². The molecule has 0 bridgehead atoms. The molecule has 0 aromatic carbocycles. The number of aliphatic imine (C=N–C) groups is 1. The largest absolute Gasteiger partial charge is 0.370 e. The lowest BCUT2D eigenvalue weighted by atomic mass is 10.4. The number of nitrogens with two attached hydrogens (primary N) is 1. The molecule has 0 atom stereocenters. The van der Waals surface area contributed by atoms with Crippen LogP contribution in [0.3, 0.4) is 0 Å². The molecule has 0 saturated carbocycles. The Bertz CT molecular complexity index is 511. The van der Waals surface area contributed by atoms with Crippen LogP contribution in [0.1, 0.15) is 5.69 Å². The zero-order valence-corrected chi connectivity index (χ0v) is 8.53. The highest BCUT2D eigenvalue weighted by atomic mass is 32.1. The van der Waals surface area contributed by atoms with Gasteiger partial charge in [-0.05, 0) is 0 Å². The Labute approximate surface area is 89.5 Å². The number of anilines is 1. The Morgan fingerprint density at radius 3 is 3.27 bits per heavy atom. The molecule has 3 rings (SSSR count). The second kappa shape index (κ2) is 3.06. The lowest BCUT2D eigenvalue weighted by Gasteiger charge is -2.13. The second-order valence-electron chi connectivity index (χ2n) is 3.08. The lowest BCUT2D eigenvalue weighted by molar-refractivity contribution is 0.986. The molecule has 0 spiro atoms. The minimum Gasteiger partial charge on any atom is -0.370 e. The summed E-state index contributed by atoms with van der Waals surface area (Å²) in [6.07, 6.45) is 3.54. The van der Waals surface area contributed by atoms with Crippen LogP contribution in [0, 0.1) is 0 Å². The SMILES string of the molecule is NC1=NCc2ncn(-c3cncs3)c2N1. The summed E-state index contributed by atoms with van der Waals surface area (Å²) in [5.74, 6) is 1.31. The number of guanidine groups is 1. The van der Waals surface area contributed by atoms with Gasteiger partial charge in [-0.25, -0.2) is 9.98 Å². The molecule has 3 heterocycles. The Morgan fingerprint density at radius 1 is 1.53 bits per heavy atom. The van der Waals surface area contributed by atoms with Crippen LogP contribution in [0.5, 0.6) is 0 Å². The molecule has 7 heteroatoms. The van der Waals surface area contributed by atoms with Crippen LogP contribution in [0.25, 0.3) is 5.00 Å². The Kier molecular flexibility index (Phi) is 1.72. The van der Waals surface area contributed by atoms with Gasteiger partial charge in [0.2, 0.25) is 0 Å². The average Bonchev–Trinajstić information content (AvgIpc) is 2.83. The first-order valence-corrected chi connectivity index (χ1v) is 5.24. The van der Waals surface area contributed by atoms with E-state index in [1.165, 1.54) is 0 Å². The molecule has 15 heavy (non-hydrogen) atoms. The molecule has 0 fully saturated rings. The first kappa shape index (κ1) is 8.42. The number of thiazole rings is 1. The molecule has 1 aliphatic rings. The summed E-state index contributed by atoms with van der Waals surface area (Å²) in [4.78, 5) is 12.4. The van der Waals surface area contributed by atoms with Crippen LogP contribution >= 0.6 is 11.3 Å². The van der Waals surface area contributed by atoms with Crippen LogP contribution in [-0.2, 0) is 6.54 Å². The van der Waals surface area contributed by atoms with E-state index in [-0.39, 0.29) is 0 Å². The van der Waals surface area contributed by atoms with Gasteiger partial charge < -0.3 is 11.1 Å². The Balaban J connectivity index is 2.10. The van der Waals surface area contributed by atoms with Gasteiger partial charge in [-0.3, -0.25) is 9.55 Å². The van der Waals surface area contributed by atoms with Gasteiger partial charge in [0.1, 0.15) is 22.8 Å². The van der Waals surface area contributed by atoms with E-state index in [4.69, 9.17) is 5.73 Å². The summed E-state index contributed by atoms with van der Waals surface area (Å²) in [6.45, 7) is 0.528. The van der Waals surface area contributed by atoms with Gasteiger partial charge in [-0.1, -0.05) is 0 Å². The fraction of sp³-hybridized carbons (Fsp3) is 0.125. The Hall–Kier alpha value is -1.89.